The molecule has 1 atom stereocenters. The molecule has 10 heavy (non-hydrogen) atoms. The lowest BCUT2D eigenvalue weighted by Crippen LogP contribution is -2.32. The second-order valence-electron chi connectivity index (χ2n) is 2.49. The van der Waals surface area contributed by atoms with Crippen molar-refractivity contribution in [3.63, 3.8) is 0 Å². The SMILES string of the molecule is CCC1OCCN1CCO. The van der Waals surface area contributed by atoms with E-state index in [2.05, 4.69) is 11.8 Å². The highest BCUT2D eigenvalue weighted by Crippen LogP contribution is 2.11. The first-order valence-electron chi connectivity index (χ1n) is 3.85. The molecule has 1 unspecified atom stereocenters. The van der Waals surface area contributed by atoms with Crippen molar-refractivity contribution in [1.29, 1.82) is 0 Å². The number of ether oxygens (including phenoxy) is 1. The van der Waals surface area contributed by atoms with Crippen LogP contribution >= 0.6 is 0 Å². The van der Waals surface area contributed by atoms with Crippen LogP contribution in [0.3, 0.4) is 0 Å². The quantitative estimate of drug-likeness (QED) is 0.609. The molecule has 1 saturated heterocycles. The number of rotatable bonds is 3. The second-order valence-corrected chi connectivity index (χ2v) is 2.49. The molecule has 0 aromatic rings. The van der Waals surface area contributed by atoms with Gasteiger partial charge in [0.05, 0.1) is 13.2 Å². The number of hydrogen-bond donors (Lipinski definition) is 1. The first-order chi connectivity index (χ1) is 4.88. The minimum absolute atomic E-state index is 0.236. The van der Waals surface area contributed by atoms with E-state index in [0.717, 1.165) is 26.1 Å². The smallest absolute Gasteiger partial charge is 0.110 e. The van der Waals surface area contributed by atoms with Crippen molar-refractivity contribution in [3.8, 4) is 0 Å². The van der Waals surface area contributed by atoms with E-state index in [1.54, 1.807) is 0 Å². The summed E-state index contributed by atoms with van der Waals surface area (Å²) in [6.45, 7) is 4.87. The number of aliphatic hydroxyl groups excluding tert-OH is 1. The van der Waals surface area contributed by atoms with Gasteiger partial charge in [-0.05, 0) is 6.42 Å². The molecule has 0 radical (unpaired) electrons. The third-order valence-corrected chi connectivity index (χ3v) is 1.83. The molecule has 0 spiro atoms. The van der Waals surface area contributed by atoms with Gasteiger partial charge in [0, 0.05) is 13.1 Å². The Morgan fingerprint density at radius 2 is 2.50 bits per heavy atom. The van der Waals surface area contributed by atoms with Crippen LogP contribution in [0.5, 0.6) is 0 Å². The Hall–Kier alpha value is -0.120. The van der Waals surface area contributed by atoms with Crippen LogP contribution in [0, 0.1) is 0 Å². The van der Waals surface area contributed by atoms with Gasteiger partial charge in [0.25, 0.3) is 0 Å². The molecular formula is C7H15NO2. The van der Waals surface area contributed by atoms with Gasteiger partial charge in [-0.25, -0.2) is 0 Å². The van der Waals surface area contributed by atoms with Crippen LogP contribution in [0.15, 0.2) is 0 Å². The van der Waals surface area contributed by atoms with Crippen LogP contribution in [0.2, 0.25) is 0 Å². The molecule has 0 aromatic heterocycles. The molecule has 0 bridgehead atoms. The standard InChI is InChI=1S/C7H15NO2/c1-2-7-8(3-5-9)4-6-10-7/h7,9H,2-6H2,1H3. The summed E-state index contributed by atoms with van der Waals surface area (Å²) < 4.78 is 5.38. The molecule has 0 aliphatic carbocycles. The van der Waals surface area contributed by atoms with Crippen molar-refractivity contribution in [1.82, 2.24) is 4.90 Å². The Kier molecular flexibility index (Phi) is 3.12. The fourth-order valence-electron chi connectivity index (χ4n) is 1.32. The molecule has 1 N–H and O–H groups in total. The topological polar surface area (TPSA) is 32.7 Å². The van der Waals surface area contributed by atoms with Crippen LogP contribution in [-0.2, 0) is 4.74 Å². The summed E-state index contributed by atoms with van der Waals surface area (Å²) in [4.78, 5) is 2.17. The van der Waals surface area contributed by atoms with Crippen molar-refractivity contribution in [2.24, 2.45) is 0 Å². The highest BCUT2D eigenvalue weighted by atomic mass is 16.5. The van der Waals surface area contributed by atoms with E-state index in [9.17, 15) is 0 Å². The maximum atomic E-state index is 8.64. The minimum Gasteiger partial charge on any atom is -0.395 e. The first kappa shape index (κ1) is 7.98. The van der Waals surface area contributed by atoms with Gasteiger partial charge in [-0.15, -0.1) is 0 Å². The average Bonchev–Trinajstić information content (AvgIpc) is 2.36. The Morgan fingerprint density at radius 3 is 3.10 bits per heavy atom. The zero-order valence-electron chi connectivity index (χ0n) is 6.42. The van der Waals surface area contributed by atoms with Crippen LogP contribution < -0.4 is 0 Å². The van der Waals surface area contributed by atoms with Crippen LogP contribution in [-0.4, -0.2) is 42.5 Å². The molecule has 0 aromatic carbocycles. The van der Waals surface area contributed by atoms with Crippen molar-refractivity contribution in [2.75, 3.05) is 26.3 Å². The average molecular weight is 145 g/mol. The Bertz CT molecular complexity index is 97.6. The molecule has 1 aliphatic rings. The van der Waals surface area contributed by atoms with E-state index in [4.69, 9.17) is 9.84 Å². The van der Waals surface area contributed by atoms with Gasteiger partial charge in [-0.2, -0.15) is 0 Å². The van der Waals surface area contributed by atoms with Gasteiger partial charge in [0.15, 0.2) is 0 Å². The summed E-state index contributed by atoms with van der Waals surface area (Å²) in [5.41, 5.74) is 0. The van der Waals surface area contributed by atoms with Crippen LogP contribution in [0.1, 0.15) is 13.3 Å². The summed E-state index contributed by atoms with van der Waals surface area (Å²) in [6, 6.07) is 0. The van der Waals surface area contributed by atoms with E-state index in [1.165, 1.54) is 0 Å². The maximum absolute atomic E-state index is 8.64. The zero-order chi connectivity index (χ0) is 7.40. The van der Waals surface area contributed by atoms with Crippen molar-refractivity contribution < 1.29 is 9.84 Å². The lowest BCUT2D eigenvalue weighted by Gasteiger charge is -2.19. The minimum atomic E-state index is 0.236. The predicted molar refractivity (Wildman–Crippen MR) is 38.7 cm³/mol. The molecule has 3 nitrogen and oxygen atoms in total. The van der Waals surface area contributed by atoms with Crippen molar-refractivity contribution in [2.45, 2.75) is 19.6 Å². The molecule has 1 aliphatic heterocycles. The van der Waals surface area contributed by atoms with Gasteiger partial charge >= 0.3 is 0 Å². The van der Waals surface area contributed by atoms with Crippen molar-refractivity contribution in [3.05, 3.63) is 0 Å². The summed E-state index contributed by atoms with van der Waals surface area (Å²) in [5.74, 6) is 0. The highest BCUT2D eigenvalue weighted by molar-refractivity contribution is 4.67. The number of β-amino-alcohol motifs (C(OH)–C–C–N with tert-alkyl or cyclic N) is 1. The van der Waals surface area contributed by atoms with Crippen molar-refractivity contribution >= 4 is 0 Å². The molecule has 0 saturated carbocycles. The van der Waals surface area contributed by atoms with E-state index in [-0.39, 0.29) is 12.8 Å². The fourth-order valence-corrected chi connectivity index (χ4v) is 1.32. The molecule has 1 heterocycles. The molecule has 60 valence electrons. The molecule has 1 rings (SSSR count). The molecule has 0 amide bonds. The Morgan fingerprint density at radius 1 is 1.70 bits per heavy atom. The molecule has 3 heteroatoms. The van der Waals surface area contributed by atoms with Gasteiger partial charge in [0.1, 0.15) is 6.23 Å². The van der Waals surface area contributed by atoms with E-state index >= 15 is 0 Å². The summed E-state index contributed by atoms with van der Waals surface area (Å²) >= 11 is 0. The highest BCUT2D eigenvalue weighted by Gasteiger charge is 2.21. The van der Waals surface area contributed by atoms with E-state index in [1.807, 2.05) is 0 Å². The summed E-state index contributed by atoms with van der Waals surface area (Å²) in [7, 11) is 0. The van der Waals surface area contributed by atoms with E-state index < -0.39 is 0 Å². The first-order valence-corrected chi connectivity index (χ1v) is 3.85. The number of nitrogens with zero attached hydrogens (tertiary/aromatic N) is 1. The van der Waals surface area contributed by atoms with Gasteiger partial charge in [0.2, 0.25) is 0 Å². The second kappa shape index (κ2) is 3.91. The largest absolute Gasteiger partial charge is 0.395 e. The van der Waals surface area contributed by atoms with Gasteiger partial charge < -0.3 is 9.84 Å². The maximum Gasteiger partial charge on any atom is 0.110 e. The lowest BCUT2D eigenvalue weighted by molar-refractivity contribution is 0.0241. The van der Waals surface area contributed by atoms with Crippen LogP contribution in [0.25, 0.3) is 0 Å². The third-order valence-electron chi connectivity index (χ3n) is 1.83. The third kappa shape index (κ3) is 1.68. The summed E-state index contributed by atoms with van der Waals surface area (Å²) in [6.07, 6.45) is 1.27. The summed E-state index contributed by atoms with van der Waals surface area (Å²) in [5, 5.41) is 8.64. The van der Waals surface area contributed by atoms with Crippen LogP contribution in [0.4, 0.5) is 0 Å². The molecular weight excluding hydrogens is 130 g/mol. The van der Waals surface area contributed by atoms with Gasteiger partial charge in [-0.1, -0.05) is 6.92 Å². The number of hydrogen-bond acceptors (Lipinski definition) is 3. The zero-order valence-corrected chi connectivity index (χ0v) is 6.42. The Balaban J connectivity index is 2.27. The predicted octanol–water partition coefficient (Wildman–Crippen LogP) is 0.0470. The molecule has 1 fully saturated rings. The normalized spacial score (nSPS) is 27.6. The monoisotopic (exact) mass is 145 g/mol. The number of aliphatic hydroxyl groups is 1. The lowest BCUT2D eigenvalue weighted by atomic mass is 10.4. The Labute approximate surface area is 61.6 Å². The van der Waals surface area contributed by atoms with Gasteiger partial charge in [-0.3, -0.25) is 4.90 Å². The fraction of sp³-hybridized carbons (Fsp3) is 1.00. The van der Waals surface area contributed by atoms with E-state index in [0.29, 0.717) is 0 Å².